The number of hydrogen-bond donors (Lipinski definition) is 0. The van der Waals surface area contributed by atoms with Crippen LogP contribution in [0.15, 0.2) is 41.1 Å². The fraction of sp³-hybridized carbons (Fsp3) is 0.231. The molecular weight excluding hydrogens is 343 g/mol. The number of halogens is 1. The fourth-order valence-corrected chi connectivity index (χ4v) is 10.3. The van der Waals surface area contributed by atoms with Crippen LogP contribution in [0.1, 0.15) is 0 Å². The molecule has 0 saturated carbocycles. The third kappa shape index (κ3) is 2.96. The summed E-state index contributed by atoms with van der Waals surface area (Å²) in [5.41, 5.74) is 0. The maximum Gasteiger partial charge on any atom is 0.358 e. The third-order valence-corrected chi connectivity index (χ3v) is 9.10. The summed E-state index contributed by atoms with van der Waals surface area (Å²) in [5, 5.41) is 6.42. The van der Waals surface area contributed by atoms with Gasteiger partial charge >= 0.3 is 21.2 Å². The molecule has 0 atom stereocenters. The first-order chi connectivity index (χ1) is 7.57. The minimum Gasteiger partial charge on any atom is -0.148 e. The molecule has 0 unspecified atom stereocenters. The number of benzene rings is 1. The monoisotopic (exact) mass is 359 g/mol. The zero-order chi connectivity index (χ0) is 11.6. The van der Waals surface area contributed by atoms with Gasteiger partial charge in [0.15, 0.2) is 3.57 Å². The molecule has 0 bridgehead atoms. The molecule has 0 radical (unpaired) electrons. The Balaban J connectivity index is 2.26. The molecule has 1 heterocycles. The van der Waals surface area contributed by atoms with E-state index in [0.29, 0.717) is 0 Å². The van der Waals surface area contributed by atoms with Crippen molar-refractivity contribution >= 4 is 24.6 Å². The lowest BCUT2D eigenvalue weighted by atomic mass is 10.4. The summed E-state index contributed by atoms with van der Waals surface area (Å²) >= 11 is 1.90. The quantitative estimate of drug-likeness (QED) is 0.551. The molecule has 0 N–H and O–H groups in total. The second kappa shape index (κ2) is 5.02. The lowest BCUT2D eigenvalue weighted by Crippen LogP contribution is -3.62. The summed E-state index contributed by atoms with van der Waals surface area (Å²) in [4.78, 5) is 0. The summed E-state index contributed by atoms with van der Waals surface area (Å²) in [7, 11) is -1.14. The van der Waals surface area contributed by atoms with Gasteiger partial charge in [0.05, 0.1) is 8.07 Å². The van der Waals surface area contributed by atoms with Crippen LogP contribution < -0.4 is 26.4 Å². The third-order valence-electron chi connectivity index (χ3n) is 2.37. The molecule has 84 valence electrons. The smallest absolute Gasteiger partial charge is 0.148 e. The average molecular weight is 359 g/mol. The van der Waals surface area contributed by atoms with Crippen molar-refractivity contribution in [2.75, 3.05) is 0 Å². The van der Waals surface area contributed by atoms with Crippen LogP contribution in [0.3, 0.4) is 0 Å². The number of rotatable bonds is 3. The van der Waals surface area contributed by atoms with Gasteiger partial charge < -0.3 is 0 Å². The fourth-order valence-electron chi connectivity index (χ4n) is 1.48. The first-order valence-corrected chi connectivity index (χ1v) is 11.9. The van der Waals surface area contributed by atoms with Crippen molar-refractivity contribution in [3.8, 4) is 0 Å². The topological polar surface area (TPSA) is 0 Å². The normalized spacial score (nSPS) is 11.7. The second-order valence-corrected chi connectivity index (χ2v) is 13.5. The van der Waals surface area contributed by atoms with E-state index in [9.17, 15) is 0 Å². The molecule has 2 rings (SSSR count). The van der Waals surface area contributed by atoms with Crippen LogP contribution in [0.25, 0.3) is 0 Å². The van der Waals surface area contributed by atoms with Gasteiger partial charge in [0.2, 0.25) is 3.57 Å². The van der Waals surface area contributed by atoms with Crippen molar-refractivity contribution in [3.63, 3.8) is 0 Å². The maximum atomic E-state index is 2.44. The van der Waals surface area contributed by atoms with Crippen LogP contribution in [0.4, 0.5) is 0 Å². The lowest BCUT2D eigenvalue weighted by molar-refractivity contribution is -0.595. The van der Waals surface area contributed by atoms with Crippen molar-refractivity contribution in [3.05, 3.63) is 48.2 Å². The van der Waals surface area contributed by atoms with Crippen molar-refractivity contribution < 1.29 is 21.2 Å². The largest absolute Gasteiger partial charge is 0.358 e. The van der Waals surface area contributed by atoms with Gasteiger partial charge in [-0.25, -0.2) is 0 Å². The first-order valence-electron chi connectivity index (χ1n) is 5.34. The van der Waals surface area contributed by atoms with Crippen molar-refractivity contribution in [2.24, 2.45) is 0 Å². The standard InChI is InChI=1S/C13H16ISSi/c1-16(2,3)13-10-15-9-12(13)14-11-7-5-4-6-8-11/h4-10H,1-3H3/q+1. The maximum absolute atomic E-state index is 2.44. The Bertz CT molecular complexity index is 456. The van der Waals surface area contributed by atoms with E-state index in [0.717, 1.165) is 0 Å². The van der Waals surface area contributed by atoms with E-state index in [1.165, 1.54) is 3.57 Å². The molecule has 0 amide bonds. The van der Waals surface area contributed by atoms with Gasteiger partial charge in [-0.05, 0) is 17.5 Å². The van der Waals surface area contributed by atoms with E-state index in [1.54, 1.807) is 8.76 Å². The van der Waals surface area contributed by atoms with E-state index >= 15 is 0 Å². The highest BCUT2D eigenvalue weighted by atomic mass is 127. The highest BCUT2D eigenvalue weighted by Gasteiger charge is 2.29. The number of hydrogen-bond acceptors (Lipinski definition) is 1. The van der Waals surface area contributed by atoms with Crippen molar-refractivity contribution in [1.29, 1.82) is 0 Å². The van der Waals surface area contributed by atoms with Gasteiger partial charge in [-0.3, -0.25) is 0 Å². The Morgan fingerprint density at radius 1 is 1.00 bits per heavy atom. The van der Waals surface area contributed by atoms with E-state index in [-0.39, 0.29) is 21.2 Å². The lowest BCUT2D eigenvalue weighted by Gasteiger charge is -2.12. The zero-order valence-corrected chi connectivity index (χ0v) is 13.8. The Kier molecular flexibility index (Phi) is 3.87. The van der Waals surface area contributed by atoms with Crippen LogP contribution in [-0.4, -0.2) is 8.07 Å². The molecule has 0 spiro atoms. The summed E-state index contributed by atoms with van der Waals surface area (Å²) in [6.07, 6.45) is 0. The van der Waals surface area contributed by atoms with Crippen LogP contribution in [0.2, 0.25) is 19.6 Å². The summed E-state index contributed by atoms with van der Waals surface area (Å²) in [6, 6.07) is 10.9. The van der Waals surface area contributed by atoms with Gasteiger partial charge in [0.1, 0.15) is 0 Å². The minimum atomic E-state index is -1.14. The number of thiophene rings is 1. The molecule has 0 aliphatic heterocycles. The van der Waals surface area contributed by atoms with Gasteiger partial charge in [0.25, 0.3) is 0 Å². The highest BCUT2D eigenvalue weighted by molar-refractivity contribution is 7.10. The van der Waals surface area contributed by atoms with Crippen LogP contribution in [0, 0.1) is 7.14 Å². The first kappa shape index (κ1) is 12.3. The zero-order valence-electron chi connectivity index (χ0n) is 9.83. The average Bonchev–Trinajstić information content (AvgIpc) is 2.67. The highest BCUT2D eigenvalue weighted by Crippen LogP contribution is 2.05. The molecule has 16 heavy (non-hydrogen) atoms. The molecule has 2 aromatic rings. The van der Waals surface area contributed by atoms with Gasteiger partial charge in [-0.1, -0.05) is 37.8 Å². The van der Waals surface area contributed by atoms with Crippen molar-refractivity contribution in [2.45, 2.75) is 19.6 Å². The van der Waals surface area contributed by atoms with Gasteiger partial charge in [-0.2, -0.15) is 0 Å². The van der Waals surface area contributed by atoms with Gasteiger partial charge in [0, 0.05) is 10.6 Å². The molecule has 3 heteroatoms. The summed E-state index contributed by atoms with van der Waals surface area (Å²) < 4.78 is 3.17. The Hall–Kier alpha value is -0.133. The van der Waals surface area contributed by atoms with Crippen LogP contribution in [-0.2, 0) is 0 Å². The summed E-state index contributed by atoms with van der Waals surface area (Å²) in [5.74, 6) is 0. The summed E-state index contributed by atoms with van der Waals surface area (Å²) in [6.45, 7) is 7.31. The van der Waals surface area contributed by atoms with E-state index in [2.05, 4.69) is 60.7 Å². The molecule has 0 aliphatic carbocycles. The van der Waals surface area contributed by atoms with E-state index in [4.69, 9.17) is 0 Å². The molecule has 0 saturated heterocycles. The molecule has 1 aromatic carbocycles. The Morgan fingerprint density at radius 3 is 2.31 bits per heavy atom. The van der Waals surface area contributed by atoms with E-state index in [1.807, 2.05) is 11.3 Å². The van der Waals surface area contributed by atoms with Gasteiger partial charge in [-0.15, -0.1) is 11.3 Å². The minimum absolute atomic E-state index is 0.0238. The molecular formula is C13H16ISSi+. The molecule has 1 aromatic heterocycles. The molecule has 0 nitrogen and oxygen atoms in total. The van der Waals surface area contributed by atoms with Crippen molar-refractivity contribution in [1.82, 2.24) is 0 Å². The molecule has 0 fully saturated rings. The van der Waals surface area contributed by atoms with Crippen LogP contribution in [0.5, 0.6) is 0 Å². The van der Waals surface area contributed by atoms with E-state index < -0.39 is 8.07 Å². The Morgan fingerprint density at radius 2 is 1.69 bits per heavy atom. The van der Waals surface area contributed by atoms with Crippen LogP contribution >= 0.6 is 11.3 Å². The SMILES string of the molecule is C[Si](C)(C)c1cscc1[I+]c1ccccc1. The molecule has 0 aliphatic rings. The second-order valence-electron chi connectivity index (χ2n) is 4.77. The predicted octanol–water partition coefficient (Wildman–Crippen LogP) is 0.422. The Labute approximate surface area is 113 Å². The predicted molar refractivity (Wildman–Crippen MR) is 71.1 cm³/mol.